The third-order valence-corrected chi connectivity index (χ3v) is 7.10. The maximum atomic E-state index is 13.5. The largest absolute Gasteiger partial charge is 0.497 e. The number of hydrogen-bond donors (Lipinski definition) is 2. The summed E-state index contributed by atoms with van der Waals surface area (Å²) in [5, 5.41) is 15.0. The molecular formula is C25H22F3N3O3S2. The Kier molecular flexibility index (Phi) is 7.32. The molecule has 3 heterocycles. The molecule has 0 aliphatic carbocycles. The minimum absolute atomic E-state index is 0.0382. The first-order valence-corrected chi connectivity index (χ1v) is 12.6. The molecule has 0 unspecified atom stereocenters. The van der Waals surface area contributed by atoms with Gasteiger partial charge in [0.15, 0.2) is 5.13 Å². The van der Waals surface area contributed by atoms with E-state index in [1.165, 1.54) is 41.9 Å². The predicted octanol–water partition coefficient (Wildman–Crippen LogP) is 7.60. The van der Waals surface area contributed by atoms with Crippen LogP contribution in [0.4, 0.5) is 24.1 Å². The Hall–Kier alpha value is -3.44. The first kappa shape index (κ1) is 25.6. The average molecular weight is 534 g/mol. The fraction of sp³-hybridized carbons (Fsp3) is 0.240. The van der Waals surface area contributed by atoms with E-state index >= 15 is 0 Å². The second-order valence-corrected chi connectivity index (χ2v) is 10.4. The van der Waals surface area contributed by atoms with Crippen LogP contribution in [0.1, 0.15) is 34.6 Å². The number of carboxylic acid groups (broad SMARTS) is 1. The van der Waals surface area contributed by atoms with Crippen molar-refractivity contribution in [3.8, 4) is 27.4 Å². The van der Waals surface area contributed by atoms with Crippen LogP contribution in [0.15, 0.2) is 48.0 Å². The number of alkyl halides is 3. The number of ether oxygens (including phenoxy) is 1. The minimum Gasteiger partial charge on any atom is -0.497 e. The zero-order valence-electron chi connectivity index (χ0n) is 19.5. The van der Waals surface area contributed by atoms with Crippen LogP contribution in [0.3, 0.4) is 0 Å². The van der Waals surface area contributed by atoms with Gasteiger partial charge in [-0.1, -0.05) is 19.9 Å². The lowest BCUT2D eigenvalue weighted by Gasteiger charge is -2.12. The number of aromatic carboxylic acids is 1. The lowest BCUT2D eigenvalue weighted by Crippen LogP contribution is -2.06. The van der Waals surface area contributed by atoms with Gasteiger partial charge in [-0.05, 0) is 48.1 Å². The van der Waals surface area contributed by atoms with Crippen LogP contribution >= 0.6 is 22.7 Å². The Labute approximate surface area is 213 Å². The summed E-state index contributed by atoms with van der Waals surface area (Å²) in [7, 11) is 1.31. The van der Waals surface area contributed by atoms with Crippen molar-refractivity contribution in [3.63, 3.8) is 0 Å². The number of carbonyl (C=O) groups is 1. The standard InChI is InChI=1S/C25H22F3N3O3S2/c1-13(2)7-20-21(14-8-16(25(26,27)28)11-17(9-14)34-3)30-24(36-20)31-22-18(23(32)33)10-15(12-29-22)19-5-4-6-35-19/h4-6,8-13H,7H2,1-3H3,(H,32,33)(H,29,30,31). The van der Waals surface area contributed by atoms with Gasteiger partial charge in [-0.2, -0.15) is 13.2 Å². The summed E-state index contributed by atoms with van der Waals surface area (Å²) in [6.45, 7) is 3.99. The van der Waals surface area contributed by atoms with E-state index in [1.807, 2.05) is 31.4 Å². The van der Waals surface area contributed by atoms with Gasteiger partial charge in [-0.3, -0.25) is 0 Å². The van der Waals surface area contributed by atoms with E-state index in [0.29, 0.717) is 22.8 Å². The third kappa shape index (κ3) is 5.68. The van der Waals surface area contributed by atoms with Crippen LogP contribution in [-0.2, 0) is 12.6 Å². The molecule has 4 rings (SSSR count). The van der Waals surface area contributed by atoms with Crippen molar-refractivity contribution in [2.24, 2.45) is 5.92 Å². The summed E-state index contributed by atoms with van der Waals surface area (Å²) in [5.74, 6) is -0.787. The maximum Gasteiger partial charge on any atom is 0.416 e. The second kappa shape index (κ2) is 10.3. The summed E-state index contributed by atoms with van der Waals surface area (Å²) in [5.41, 5.74) is 0.441. The van der Waals surface area contributed by atoms with E-state index in [2.05, 4.69) is 15.3 Å². The molecule has 0 saturated carbocycles. The number of nitrogens with zero attached hydrogens (tertiary/aromatic N) is 2. The molecule has 0 amide bonds. The molecule has 0 radical (unpaired) electrons. The van der Waals surface area contributed by atoms with Gasteiger partial charge in [-0.15, -0.1) is 22.7 Å². The number of anilines is 2. The molecule has 188 valence electrons. The average Bonchev–Trinajstić information content (AvgIpc) is 3.48. The highest BCUT2D eigenvalue weighted by Gasteiger charge is 2.32. The maximum absolute atomic E-state index is 13.5. The van der Waals surface area contributed by atoms with Gasteiger partial charge in [0.25, 0.3) is 0 Å². The van der Waals surface area contributed by atoms with Gasteiger partial charge in [0.05, 0.1) is 18.4 Å². The normalized spacial score (nSPS) is 11.6. The molecule has 0 spiro atoms. The molecule has 0 bridgehead atoms. The molecule has 0 fully saturated rings. The van der Waals surface area contributed by atoms with Crippen LogP contribution in [0, 0.1) is 5.92 Å². The molecule has 11 heteroatoms. The van der Waals surface area contributed by atoms with Crippen LogP contribution < -0.4 is 10.1 Å². The number of methoxy groups -OCH3 is 1. The van der Waals surface area contributed by atoms with Gasteiger partial charge in [0.2, 0.25) is 0 Å². The van der Waals surface area contributed by atoms with Crippen molar-refractivity contribution in [1.29, 1.82) is 0 Å². The summed E-state index contributed by atoms with van der Waals surface area (Å²) < 4.78 is 45.6. The highest BCUT2D eigenvalue weighted by molar-refractivity contribution is 7.16. The van der Waals surface area contributed by atoms with Crippen LogP contribution in [0.5, 0.6) is 5.75 Å². The molecule has 4 aromatic rings. The van der Waals surface area contributed by atoms with Gasteiger partial charge >= 0.3 is 12.1 Å². The number of pyridine rings is 1. The van der Waals surface area contributed by atoms with Crippen molar-refractivity contribution in [3.05, 3.63) is 64.0 Å². The topological polar surface area (TPSA) is 84.3 Å². The highest BCUT2D eigenvalue weighted by atomic mass is 32.1. The molecule has 6 nitrogen and oxygen atoms in total. The number of aromatic nitrogens is 2. The SMILES string of the molecule is COc1cc(-c2nc(Nc3ncc(-c4cccs4)cc3C(=O)O)sc2CC(C)C)cc(C(F)(F)F)c1. The van der Waals surface area contributed by atoms with Crippen molar-refractivity contribution in [1.82, 2.24) is 9.97 Å². The van der Waals surface area contributed by atoms with Gasteiger partial charge in [0.1, 0.15) is 17.1 Å². The third-order valence-electron chi connectivity index (χ3n) is 5.18. The van der Waals surface area contributed by atoms with Crippen molar-refractivity contribution in [2.45, 2.75) is 26.4 Å². The summed E-state index contributed by atoms with van der Waals surface area (Å²) in [6.07, 6.45) is -2.41. The van der Waals surface area contributed by atoms with Gasteiger partial charge < -0.3 is 15.2 Å². The predicted molar refractivity (Wildman–Crippen MR) is 135 cm³/mol. The van der Waals surface area contributed by atoms with Crippen LogP contribution in [-0.4, -0.2) is 28.2 Å². The van der Waals surface area contributed by atoms with Crippen LogP contribution in [0.25, 0.3) is 21.7 Å². The first-order valence-electron chi connectivity index (χ1n) is 10.9. The fourth-order valence-electron chi connectivity index (χ4n) is 3.56. The van der Waals surface area contributed by atoms with Crippen molar-refractivity contribution in [2.75, 3.05) is 12.4 Å². The second-order valence-electron chi connectivity index (χ2n) is 8.36. The number of thiophene rings is 1. The molecule has 2 N–H and O–H groups in total. The quantitative estimate of drug-likeness (QED) is 0.243. The number of thiazole rings is 1. The summed E-state index contributed by atoms with van der Waals surface area (Å²) in [6, 6.07) is 8.76. The van der Waals surface area contributed by atoms with E-state index in [4.69, 9.17) is 4.74 Å². The number of rotatable bonds is 8. The van der Waals surface area contributed by atoms with E-state index in [0.717, 1.165) is 21.9 Å². The number of carboxylic acids is 1. The van der Waals surface area contributed by atoms with Gasteiger partial charge in [-0.25, -0.2) is 14.8 Å². The van der Waals surface area contributed by atoms with E-state index in [-0.39, 0.29) is 28.6 Å². The molecular weight excluding hydrogens is 511 g/mol. The molecule has 0 aliphatic heterocycles. The Morgan fingerprint density at radius 3 is 2.58 bits per heavy atom. The molecule has 0 aliphatic rings. The lowest BCUT2D eigenvalue weighted by atomic mass is 10.0. The summed E-state index contributed by atoms with van der Waals surface area (Å²) >= 11 is 2.72. The Balaban J connectivity index is 1.76. The number of halogens is 3. The van der Waals surface area contributed by atoms with E-state index in [1.54, 1.807) is 6.20 Å². The van der Waals surface area contributed by atoms with Gasteiger partial charge in [0, 0.05) is 27.1 Å². The molecule has 0 saturated heterocycles. The van der Waals surface area contributed by atoms with Crippen LogP contribution in [0.2, 0.25) is 0 Å². The molecule has 3 aromatic heterocycles. The Morgan fingerprint density at radius 1 is 1.19 bits per heavy atom. The van der Waals surface area contributed by atoms with Crippen molar-refractivity contribution >= 4 is 39.6 Å². The smallest absolute Gasteiger partial charge is 0.416 e. The molecule has 1 aromatic carbocycles. The highest BCUT2D eigenvalue weighted by Crippen LogP contribution is 2.40. The monoisotopic (exact) mass is 533 g/mol. The number of benzene rings is 1. The fourth-order valence-corrected chi connectivity index (χ4v) is 5.47. The zero-order chi connectivity index (χ0) is 26.0. The minimum atomic E-state index is -4.55. The Bertz CT molecular complexity index is 1380. The van der Waals surface area contributed by atoms with E-state index < -0.39 is 17.7 Å². The Morgan fingerprint density at radius 2 is 1.97 bits per heavy atom. The number of nitrogens with one attached hydrogen (secondary N) is 1. The lowest BCUT2D eigenvalue weighted by molar-refractivity contribution is -0.137. The first-order chi connectivity index (χ1) is 17.0. The molecule has 36 heavy (non-hydrogen) atoms. The number of hydrogen-bond acceptors (Lipinski definition) is 7. The summed E-state index contributed by atoms with van der Waals surface area (Å²) in [4.78, 5) is 22.5. The van der Waals surface area contributed by atoms with E-state index in [9.17, 15) is 23.1 Å². The zero-order valence-corrected chi connectivity index (χ0v) is 21.1. The van der Waals surface area contributed by atoms with Crippen molar-refractivity contribution < 1.29 is 27.8 Å². The molecule has 0 atom stereocenters.